The van der Waals surface area contributed by atoms with Gasteiger partial charge in [0.05, 0.1) is 12.8 Å². The molecule has 0 radical (unpaired) electrons. The third-order valence-corrected chi connectivity index (χ3v) is 3.65. The van der Waals surface area contributed by atoms with E-state index in [1.807, 2.05) is 48.5 Å². The Balaban J connectivity index is 1.75. The van der Waals surface area contributed by atoms with Gasteiger partial charge in [-0.2, -0.15) is 0 Å². The van der Waals surface area contributed by atoms with Gasteiger partial charge in [0.2, 0.25) is 5.95 Å². The molecule has 24 heavy (non-hydrogen) atoms. The number of nitrogens with one attached hydrogen (secondary N) is 1. The summed E-state index contributed by atoms with van der Waals surface area (Å²) >= 11 is 0. The van der Waals surface area contributed by atoms with Crippen LogP contribution in [0.3, 0.4) is 0 Å². The van der Waals surface area contributed by atoms with E-state index in [-0.39, 0.29) is 0 Å². The summed E-state index contributed by atoms with van der Waals surface area (Å²) < 4.78 is 5.15. The van der Waals surface area contributed by atoms with Crippen LogP contribution < -0.4 is 10.1 Å². The van der Waals surface area contributed by atoms with Gasteiger partial charge in [0.15, 0.2) is 0 Å². The molecule has 1 heterocycles. The Morgan fingerprint density at radius 2 is 1.75 bits per heavy atom. The summed E-state index contributed by atoms with van der Waals surface area (Å²) in [5.74, 6) is 1.38. The number of nitrogens with zero attached hydrogens (tertiary/aromatic N) is 2. The van der Waals surface area contributed by atoms with Crippen LogP contribution in [0.25, 0.3) is 12.2 Å². The van der Waals surface area contributed by atoms with Crippen molar-refractivity contribution in [2.75, 3.05) is 12.4 Å². The van der Waals surface area contributed by atoms with Crippen LogP contribution in [0.5, 0.6) is 5.75 Å². The number of hydrogen-bond donors (Lipinski definition) is 1. The molecule has 0 aliphatic heterocycles. The molecule has 4 heteroatoms. The average molecular weight is 317 g/mol. The lowest BCUT2D eigenvalue weighted by Crippen LogP contribution is -1.97. The van der Waals surface area contributed by atoms with Gasteiger partial charge < -0.3 is 10.1 Å². The normalized spacial score (nSPS) is 10.8. The molecule has 0 aliphatic rings. The minimum Gasteiger partial charge on any atom is -0.497 e. The van der Waals surface area contributed by atoms with Gasteiger partial charge in [-0.1, -0.05) is 30.3 Å². The number of aromatic nitrogens is 2. The van der Waals surface area contributed by atoms with Crippen LogP contribution in [0, 0.1) is 6.92 Å². The lowest BCUT2D eigenvalue weighted by Gasteiger charge is -2.06. The number of benzene rings is 2. The third-order valence-electron chi connectivity index (χ3n) is 3.65. The van der Waals surface area contributed by atoms with Gasteiger partial charge in [0.1, 0.15) is 5.75 Å². The topological polar surface area (TPSA) is 47.0 Å². The first-order valence-corrected chi connectivity index (χ1v) is 7.72. The molecule has 2 aromatic carbocycles. The smallest absolute Gasteiger partial charge is 0.227 e. The molecule has 0 spiro atoms. The van der Waals surface area contributed by atoms with E-state index in [9.17, 15) is 0 Å². The summed E-state index contributed by atoms with van der Waals surface area (Å²) in [5, 5.41) is 3.19. The quantitative estimate of drug-likeness (QED) is 0.740. The van der Waals surface area contributed by atoms with E-state index in [2.05, 4.69) is 40.4 Å². The minimum atomic E-state index is 0.562. The highest BCUT2D eigenvalue weighted by Gasteiger charge is 2.00. The molecule has 0 atom stereocenters. The van der Waals surface area contributed by atoms with Gasteiger partial charge in [-0.05, 0) is 54.5 Å². The monoisotopic (exact) mass is 317 g/mol. The van der Waals surface area contributed by atoms with Gasteiger partial charge in [-0.25, -0.2) is 9.97 Å². The molecule has 0 bridgehead atoms. The van der Waals surface area contributed by atoms with Gasteiger partial charge in [-0.3, -0.25) is 0 Å². The first-order chi connectivity index (χ1) is 11.7. The highest BCUT2D eigenvalue weighted by Crippen LogP contribution is 2.18. The molecule has 120 valence electrons. The van der Waals surface area contributed by atoms with Crippen LogP contribution in [0.4, 0.5) is 11.6 Å². The fourth-order valence-electron chi connectivity index (χ4n) is 2.28. The molecule has 1 N–H and O–H groups in total. The number of hydrogen-bond acceptors (Lipinski definition) is 4. The van der Waals surface area contributed by atoms with Crippen LogP contribution in [-0.4, -0.2) is 17.1 Å². The zero-order valence-electron chi connectivity index (χ0n) is 13.7. The number of anilines is 2. The molecule has 4 nitrogen and oxygen atoms in total. The fourth-order valence-corrected chi connectivity index (χ4v) is 2.28. The minimum absolute atomic E-state index is 0.562. The molecule has 0 amide bonds. The van der Waals surface area contributed by atoms with Crippen LogP contribution in [-0.2, 0) is 0 Å². The molecule has 3 rings (SSSR count). The summed E-state index contributed by atoms with van der Waals surface area (Å²) in [5.41, 5.74) is 4.18. The molecular formula is C20H19N3O. The second-order valence-electron chi connectivity index (χ2n) is 5.35. The summed E-state index contributed by atoms with van der Waals surface area (Å²) in [7, 11) is 1.65. The lowest BCUT2D eigenvalue weighted by molar-refractivity contribution is 0.415. The largest absolute Gasteiger partial charge is 0.497 e. The zero-order chi connectivity index (χ0) is 16.8. The SMILES string of the molecule is COc1ccc(Nc2nccc(/C=C/c3ccccc3C)n2)cc1. The maximum Gasteiger partial charge on any atom is 0.227 e. The van der Waals surface area contributed by atoms with E-state index in [0.717, 1.165) is 17.1 Å². The maximum absolute atomic E-state index is 5.15. The molecule has 0 saturated heterocycles. The number of ether oxygens (including phenoxy) is 1. The van der Waals surface area contributed by atoms with Crippen molar-refractivity contribution < 1.29 is 4.74 Å². The Labute approximate surface area is 141 Å². The van der Waals surface area contributed by atoms with E-state index in [4.69, 9.17) is 4.74 Å². The molecule has 0 saturated carbocycles. The number of aryl methyl sites for hydroxylation is 1. The van der Waals surface area contributed by atoms with E-state index in [0.29, 0.717) is 5.95 Å². The van der Waals surface area contributed by atoms with Gasteiger partial charge in [-0.15, -0.1) is 0 Å². The molecular weight excluding hydrogens is 298 g/mol. The highest BCUT2D eigenvalue weighted by atomic mass is 16.5. The Morgan fingerprint density at radius 3 is 2.50 bits per heavy atom. The van der Waals surface area contributed by atoms with Crippen molar-refractivity contribution in [3.05, 3.63) is 77.6 Å². The highest BCUT2D eigenvalue weighted by molar-refractivity contribution is 5.70. The van der Waals surface area contributed by atoms with Gasteiger partial charge in [0, 0.05) is 11.9 Å². The Bertz CT molecular complexity index is 842. The molecule has 0 fully saturated rings. The third kappa shape index (κ3) is 3.98. The Morgan fingerprint density at radius 1 is 0.958 bits per heavy atom. The summed E-state index contributed by atoms with van der Waals surface area (Å²) in [6.45, 7) is 2.09. The van der Waals surface area contributed by atoms with Crippen LogP contribution in [0.2, 0.25) is 0 Å². The predicted molar refractivity (Wildman–Crippen MR) is 98.4 cm³/mol. The van der Waals surface area contributed by atoms with Crippen molar-refractivity contribution in [3.63, 3.8) is 0 Å². The van der Waals surface area contributed by atoms with Crippen LogP contribution in [0.15, 0.2) is 60.8 Å². The van der Waals surface area contributed by atoms with Crippen molar-refractivity contribution >= 4 is 23.8 Å². The number of rotatable bonds is 5. The van der Waals surface area contributed by atoms with E-state index >= 15 is 0 Å². The molecule has 0 aliphatic carbocycles. The first-order valence-electron chi connectivity index (χ1n) is 7.72. The van der Waals surface area contributed by atoms with Crippen LogP contribution in [0.1, 0.15) is 16.8 Å². The van der Waals surface area contributed by atoms with E-state index in [1.54, 1.807) is 13.3 Å². The summed E-state index contributed by atoms with van der Waals surface area (Å²) in [6, 6.07) is 17.8. The van der Waals surface area contributed by atoms with Crippen molar-refractivity contribution in [2.24, 2.45) is 0 Å². The molecule has 0 unspecified atom stereocenters. The fraction of sp³-hybridized carbons (Fsp3) is 0.100. The Kier molecular flexibility index (Phi) is 4.87. The first kappa shape index (κ1) is 15.7. The number of methoxy groups -OCH3 is 1. The Hall–Kier alpha value is -3.14. The van der Waals surface area contributed by atoms with Crippen molar-refractivity contribution in [1.82, 2.24) is 9.97 Å². The van der Waals surface area contributed by atoms with Crippen molar-refractivity contribution in [2.45, 2.75) is 6.92 Å². The predicted octanol–water partition coefficient (Wildman–Crippen LogP) is 4.71. The van der Waals surface area contributed by atoms with Crippen LogP contribution >= 0.6 is 0 Å². The standard InChI is InChI=1S/C20H19N3O/c1-15-5-3-4-6-16(15)7-8-18-13-14-21-20(23-18)22-17-9-11-19(24-2)12-10-17/h3-14H,1-2H3,(H,21,22,23)/b8-7+. The second kappa shape index (κ2) is 7.42. The molecule has 3 aromatic rings. The van der Waals surface area contributed by atoms with E-state index < -0.39 is 0 Å². The zero-order valence-corrected chi connectivity index (χ0v) is 13.7. The summed E-state index contributed by atoms with van der Waals surface area (Å²) in [4.78, 5) is 8.78. The average Bonchev–Trinajstić information content (AvgIpc) is 2.62. The lowest BCUT2D eigenvalue weighted by atomic mass is 10.1. The van der Waals surface area contributed by atoms with Crippen molar-refractivity contribution in [3.8, 4) is 5.75 Å². The maximum atomic E-state index is 5.15. The van der Waals surface area contributed by atoms with E-state index in [1.165, 1.54) is 11.1 Å². The van der Waals surface area contributed by atoms with Gasteiger partial charge >= 0.3 is 0 Å². The summed E-state index contributed by atoms with van der Waals surface area (Å²) in [6.07, 6.45) is 5.80. The second-order valence-corrected chi connectivity index (χ2v) is 5.35. The van der Waals surface area contributed by atoms with Gasteiger partial charge in [0.25, 0.3) is 0 Å². The van der Waals surface area contributed by atoms with Crippen molar-refractivity contribution in [1.29, 1.82) is 0 Å². The molecule has 1 aromatic heterocycles.